The Morgan fingerprint density at radius 2 is 1.97 bits per heavy atom. The van der Waals surface area contributed by atoms with Crippen LogP contribution < -0.4 is 10.8 Å². The highest BCUT2D eigenvalue weighted by Gasteiger charge is 2.51. The van der Waals surface area contributed by atoms with E-state index in [-0.39, 0.29) is 11.8 Å². The van der Waals surface area contributed by atoms with Gasteiger partial charge in [-0.15, -0.1) is 0 Å². The summed E-state index contributed by atoms with van der Waals surface area (Å²) in [4.78, 5) is 37.8. The lowest BCUT2D eigenvalue weighted by atomic mass is 9.93. The smallest absolute Gasteiger partial charge is 0.266 e. The van der Waals surface area contributed by atoms with Gasteiger partial charge in [0.2, 0.25) is 11.8 Å². The van der Waals surface area contributed by atoms with Crippen LogP contribution in [0.3, 0.4) is 0 Å². The highest BCUT2D eigenvalue weighted by molar-refractivity contribution is 5.91. The molecule has 3 N–H and O–H groups in total. The molecule has 1 atom stereocenters. The van der Waals surface area contributed by atoms with Crippen molar-refractivity contribution in [2.45, 2.75) is 64.8 Å². The number of aryl methyl sites for hydroxylation is 2. The zero-order chi connectivity index (χ0) is 21.4. The van der Waals surface area contributed by atoms with Gasteiger partial charge in [-0.1, -0.05) is 29.8 Å². The summed E-state index contributed by atoms with van der Waals surface area (Å²) in [5.74, 6) is -0.693. The number of hydrogen-bond donors (Lipinski definition) is 3. The van der Waals surface area contributed by atoms with Crippen LogP contribution in [0.2, 0.25) is 0 Å². The lowest BCUT2D eigenvalue weighted by Gasteiger charge is -2.30. The van der Waals surface area contributed by atoms with Crippen LogP contribution >= 0.6 is 0 Å². The molecule has 160 valence electrons. The molecule has 29 heavy (non-hydrogen) atoms. The number of hydrogen-bond acceptors (Lipinski definition) is 4. The molecule has 0 saturated heterocycles. The average Bonchev–Trinajstić information content (AvgIpc) is 3.48. The van der Waals surface area contributed by atoms with E-state index in [0.29, 0.717) is 25.8 Å². The molecule has 0 heterocycles. The van der Waals surface area contributed by atoms with E-state index in [1.54, 1.807) is 12.5 Å². The van der Waals surface area contributed by atoms with Crippen molar-refractivity contribution in [1.82, 2.24) is 15.7 Å². The topological polar surface area (TPSA) is 98.7 Å². The van der Waals surface area contributed by atoms with E-state index in [9.17, 15) is 14.4 Å². The van der Waals surface area contributed by atoms with Gasteiger partial charge in [0.25, 0.3) is 5.91 Å². The maximum absolute atomic E-state index is 13.2. The van der Waals surface area contributed by atoms with E-state index in [1.807, 2.05) is 6.07 Å². The minimum absolute atomic E-state index is 0.0272. The molecule has 3 amide bonds. The number of benzene rings is 1. The summed E-state index contributed by atoms with van der Waals surface area (Å²) < 4.78 is 0. The molecular weight excluding hydrogens is 370 g/mol. The second-order valence-corrected chi connectivity index (χ2v) is 8.16. The van der Waals surface area contributed by atoms with Crippen LogP contribution in [-0.2, 0) is 20.8 Å². The Labute approximate surface area is 172 Å². The van der Waals surface area contributed by atoms with Gasteiger partial charge in [-0.05, 0) is 57.4 Å². The van der Waals surface area contributed by atoms with Crippen LogP contribution in [0.25, 0.3) is 0 Å². The Morgan fingerprint density at radius 1 is 1.24 bits per heavy atom. The molecule has 1 aliphatic carbocycles. The third-order valence-electron chi connectivity index (χ3n) is 5.76. The Bertz CT molecular complexity index is 731. The summed E-state index contributed by atoms with van der Waals surface area (Å²) >= 11 is 0. The van der Waals surface area contributed by atoms with Gasteiger partial charge in [0.15, 0.2) is 0 Å². The van der Waals surface area contributed by atoms with Gasteiger partial charge in [0.1, 0.15) is 6.04 Å². The lowest BCUT2D eigenvalue weighted by molar-refractivity contribution is -0.146. The summed E-state index contributed by atoms with van der Waals surface area (Å²) in [5, 5.41) is 11.8. The average molecular weight is 404 g/mol. The summed E-state index contributed by atoms with van der Waals surface area (Å²) in [6.45, 7) is 4.04. The summed E-state index contributed by atoms with van der Waals surface area (Å²) in [6, 6.07) is 7.58. The lowest BCUT2D eigenvalue weighted by Crippen LogP contribution is -2.49. The number of nitrogens with one attached hydrogen (secondary N) is 2. The fourth-order valence-corrected chi connectivity index (χ4v) is 3.79. The Kier molecular flexibility index (Phi) is 8.20. The molecular formula is C22H33N3O4. The zero-order valence-corrected chi connectivity index (χ0v) is 17.7. The number of rotatable bonds is 11. The molecule has 0 aromatic heterocycles. The van der Waals surface area contributed by atoms with Crippen molar-refractivity contribution >= 4 is 17.7 Å². The maximum atomic E-state index is 13.2. The van der Waals surface area contributed by atoms with Crippen molar-refractivity contribution in [1.29, 1.82) is 0 Å². The van der Waals surface area contributed by atoms with E-state index < -0.39 is 17.4 Å². The zero-order valence-electron chi connectivity index (χ0n) is 17.7. The number of likely N-dealkylation sites (N-methyl/N-ethyl adjacent to an activating group) is 1. The molecule has 1 aromatic rings. The molecule has 0 radical (unpaired) electrons. The monoisotopic (exact) mass is 403 g/mol. The summed E-state index contributed by atoms with van der Waals surface area (Å²) in [7, 11) is 1.64. The Balaban J connectivity index is 1.94. The van der Waals surface area contributed by atoms with Crippen molar-refractivity contribution in [3.63, 3.8) is 0 Å². The molecule has 0 spiro atoms. The predicted octanol–water partition coefficient (Wildman–Crippen LogP) is 2.35. The minimum Gasteiger partial charge on any atom is -0.356 e. The van der Waals surface area contributed by atoms with Gasteiger partial charge < -0.3 is 10.2 Å². The maximum Gasteiger partial charge on any atom is 0.266 e. The van der Waals surface area contributed by atoms with E-state index in [4.69, 9.17) is 5.21 Å². The molecule has 0 aliphatic heterocycles. The fourth-order valence-electron chi connectivity index (χ4n) is 3.79. The van der Waals surface area contributed by atoms with Crippen LogP contribution in [0.1, 0.15) is 56.6 Å². The minimum atomic E-state index is -0.721. The first kappa shape index (κ1) is 22.9. The van der Waals surface area contributed by atoms with Crippen LogP contribution in [0.15, 0.2) is 24.3 Å². The first-order valence-electron chi connectivity index (χ1n) is 10.3. The molecule has 7 nitrogen and oxygen atoms in total. The molecule has 1 aliphatic rings. The van der Waals surface area contributed by atoms with Crippen molar-refractivity contribution in [3.05, 3.63) is 35.4 Å². The van der Waals surface area contributed by atoms with E-state index in [1.165, 1.54) is 23.0 Å². The molecule has 0 bridgehead atoms. The molecule has 1 aromatic carbocycles. The van der Waals surface area contributed by atoms with Gasteiger partial charge in [-0.25, -0.2) is 5.48 Å². The van der Waals surface area contributed by atoms with Crippen LogP contribution in [0, 0.1) is 12.3 Å². The van der Waals surface area contributed by atoms with E-state index in [0.717, 1.165) is 25.7 Å². The van der Waals surface area contributed by atoms with Crippen molar-refractivity contribution in [2.24, 2.45) is 5.41 Å². The largest absolute Gasteiger partial charge is 0.356 e. The highest BCUT2D eigenvalue weighted by atomic mass is 16.5. The van der Waals surface area contributed by atoms with Crippen LogP contribution in [0.4, 0.5) is 0 Å². The van der Waals surface area contributed by atoms with E-state index in [2.05, 4.69) is 30.4 Å². The number of unbranched alkanes of at least 4 members (excludes halogenated alkanes) is 1. The number of carbonyl (C=O) groups excluding carboxylic acids is 3. The number of nitrogens with zero attached hydrogens (tertiary/aromatic N) is 1. The number of amides is 3. The second-order valence-electron chi connectivity index (χ2n) is 8.16. The SMILES string of the molecule is CC(=O)NCCCC[C@H](C(=O)NO)N(C)C(=O)C1(CCc2cccc(C)c2)CC1. The summed E-state index contributed by atoms with van der Waals surface area (Å²) in [6.07, 6.45) is 5.05. The van der Waals surface area contributed by atoms with E-state index >= 15 is 0 Å². The molecule has 1 fully saturated rings. The normalized spacial score (nSPS) is 15.3. The van der Waals surface area contributed by atoms with Crippen molar-refractivity contribution in [2.75, 3.05) is 13.6 Å². The second kappa shape index (κ2) is 10.4. The van der Waals surface area contributed by atoms with Crippen LogP contribution in [-0.4, -0.2) is 47.5 Å². The van der Waals surface area contributed by atoms with Crippen molar-refractivity contribution < 1.29 is 19.6 Å². The highest BCUT2D eigenvalue weighted by Crippen LogP contribution is 2.51. The van der Waals surface area contributed by atoms with Crippen LogP contribution in [0.5, 0.6) is 0 Å². The van der Waals surface area contributed by atoms with Gasteiger partial charge in [0, 0.05) is 25.9 Å². The van der Waals surface area contributed by atoms with Crippen molar-refractivity contribution in [3.8, 4) is 0 Å². The first-order chi connectivity index (χ1) is 13.8. The summed E-state index contributed by atoms with van der Waals surface area (Å²) in [5.41, 5.74) is 3.71. The number of hydroxylamine groups is 1. The Hall–Kier alpha value is -2.41. The third kappa shape index (κ3) is 6.56. The number of carbonyl (C=O) groups is 3. The van der Waals surface area contributed by atoms with Gasteiger partial charge in [0.05, 0.1) is 0 Å². The molecule has 7 heteroatoms. The predicted molar refractivity (Wildman–Crippen MR) is 110 cm³/mol. The molecule has 0 unspecified atom stereocenters. The first-order valence-corrected chi connectivity index (χ1v) is 10.3. The van der Waals surface area contributed by atoms with Gasteiger partial charge in [-0.3, -0.25) is 19.6 Å². The quantitative estimate of drug-likeness (QED) is 0.300. The third-order valence-corrected chi connectivity index (χ3v) is 5.76. The standard InChI is InChI=1S/C22H33N3O4/c1-16-7-6-8-18(15-16)10-11-22(12-13-22)21(28)25(3)19(20(27)24-29)9-4-5-14-23-17(2)26/h6-8,15,19,29H,4-5,9-14H2,1-3H3,(H,23,26)(H,24,27)/t19-/m1/s1. The van der Waals surface area contributed by atoms with Gasteiger partial charge in [-0.2, -0.15) is 0 Å². The van der Waals surface area contributed by atoms with Gasteiger partial charge >= 0.3 is 0 Å². The molecule has 1 saturated carbocycles. The fraction of sp³-hybridized carbons (Fsp3) is 0.591. The Morgan fingerprint density at radius 3 is 2.55 bits per heavy atom. The molecule has 2 rings (SSSR count).